The monoisotopic (exact) mass is 283 g/mol. The van der Waals surface area contributed by atoms with Crippen LogP contribution in [0.2, 0.25) is 0 Å². The standard InChI is InChI=1S/C13H21N3O2S/c1-7-6-10(9(3)19-7)8(2)15-12(17)13(4,5)11(14)16-18/h6,8,18H,1-5H3,(H2,14,16)(H,15,17). The SMILES string of the molecule is Cc1cc(C(C)NC(=O)C(C)(C)C(N)=NO)c(C)s1. The van der Waals surface area contributed by atoms with Crippen molar-refractivity contribution in [2.24, 2.45) is 16.3 Å². The number of thiophene rings is 1. The first kappa shape index (κ1) is 15.5. The minimum atomic E-state index is -1.04. The Labute approximate surface area is 117 Å². The number of rotatable bonds is 4. The molecule has 5 nitrogen and oxygen atoms in total. The fourth-order valence-electron chi connectivity index (χ4n) is 1.78. The van der Waals surface area contributed by atoms with Gasteiger partial charge in [-0.3, -0.25) is 4.79 Å². The van der Waals surface area contributed by atoms with Gasteiger partial charge in [0, 0.05) is 9.75 Å². The fraction of sp³-hybridized carbons (Fsp3) is 0.538. The third kappa shape index (κ3) is 3.26. The van der Waals surface area contributed by atoms with E-state index in [0.717, 1.165) is 5.56 Å². The molecule has 0 radical (unpaired) electrons. The van der Waals surface area contributed by atoms with Gasteiger partial charge in [0.05, 0.1) is 6.04 Å². The summed E-state index contributed by atoms with van der Waals surface area (Å²) in [6.07, 6.45) is 0. The maximum absolute atomic E-state index is 12.2. The van der Waals surface area contributed by atoms with Crippen molar-refractivity contribution in [2.45, 2.75) is 40.7 Å². The normalized spacial score (nSPS) is 14.3. The van der Waals surface area contributed by atoms with Crippen LogP contribution in [0, 0.1) is 19.3 Å². The summed E-state index contributed by atoms with van der Waals surface area (Å²) in [6.45, 7) is 9.24. The molecule has 0 saturated heterocycles. The molecular weight excluding hydrogens is 262 g/mol. The summed E-state index contributed by atoms with van der Waals surface area (Å²) in [5, 5.41) is 14.5. The van der Waals surface area contributed by atoms with Gasteiger partial charge >= 0.3 is 0 Å². The van der Waals surface area contributed by atoms with E-state index in [4.69, 9.17) is 10.9 Å². The summed E-state index contributed by atoms with van der Waals surface area (Å²) in [6, 6.07) is 1.96. The van der Waals surface area contributed by atoms with E-state index < -0.39 is 5.41 Å². The summed E-state index contributed by atoms with van der Waals surface area (Å²) in [4.78, 5) is 14.6. The zero-order chi connectivity index (χ0) is 14.8. The summed E-state index contributed by atoms with van der Waals surface area (Å²) >= 11 is 1.70. The number of carbonyl (C=O) groups is 1. The molecule has 0 fully saturated rings. The maximum Gasteiger partial charge on any atom is 0.233 e. The van der Waals surface area contributed by atoms with Gasteiger partial charge in [-0.15, -0.1) is 11.3 Å². The fourth-order valence-corrected chi connectivity index (χ4v) is 2.80. The Morgan fingerprint density at radius 3 is 2.53 bits per heavy atom. The zero-order valence-electron chi connectivity index (χ0n) is 11.9. The van der Waals surface area contributed by atoms with Gasteiger partial charge in [-0.05, 0) is 46.2 Å². The molecule has 0 aliphatic heterocycles. The second-order valence-corrected chi connectivity index (χ2v) is 6.63. The third-order valence-electron chi connectivity index (χ3n) is 3.21. The van der Waals surface area contributed by atoms with Gasteiger partial charge in [0.15, 0.2) is 5.84 Å². The maximum atomic E-state index is 12.2. The van der Waals surface area contributed by atoms with Crippen molar-refractivity contribution in [1.82, 2.24) is 5.32 Å². The number of amides is 1. The second kappa shape index (κ2) is 5.61. The molecule has 1 heterocycles. The van der Waals surface area contributed by atoms with E-state index in [9.17, 15) is 4.79 Å². The van der Waals surface area contributed by atoms with E-state index in [0.29, 0.717) is 0 Å². The van der Waals surface area contributed by atoms with Gasteiger partial charge in [-0.1, -0.05) is 5.16 Å². The predicted molar refractivity (Wildman–Crippen MR) is 77.5 cm³/mol. The Bertz CT molecular complexity index is 506. The number of hydrogen-bond donors (Lipinski definition) is 3. The van der Waals surface area contributed by atoms with Crippen molar-refractivity contribution < 1.29 is 10.0 Å². The van der Waals surface area contributed by atoms with Crippen molar-refractivity contribution in [3.05, 3.63) is 21.4 Å². The molecule has 106 valence electrons. The number of hydrogen-bond acceptors (Lipinski definition) is 4. The number of nitrogens with one attached hydrogen (secondary N) is 1. The molecule has 0 aliphatic rings. The number of carbonyl (C=O) groups excluding carboxylic acids is 1. The highest BCUT2D eigenvalue weighted by molar-refractivity contribution is 7.12. The lowest BCUT2D eigenvalue weighted by molar-refractivity contribution is -0.127. The van der Waals surface area contributed by atoms with Crippen LogP contribution < -0.4 is 11.1 Å². The van der Waals surface area contributed by atoms with E-state index in [1.165, 1.54) is 9.75 Å². The first-order valence-electron chi connectivity index (χ1n) is 6.06. The molecule has 0 aromatic carbocycles. The van der Waals surface area contributed by atoms with Crippen molar-refractivity contribution in [1.29, 1.82) is 0 Å². The van der Waals surface area contributed by atoms with Gasteiger partial charge in [0.2, 0.25) is 5.91 Å². The average Bonchev–Trinajstić information content (AvgIpc) is 2.67. The molecule has 1 rings (SSSR count). The van der Waals surface area contributed by atoms with Crippen LogP contribution in [0.5, 0.6) is 0 Å². The van der Waals surface area contributed by atoms with Crippen LogP contribution in [0.15, 0.2) is 11.2 Å². The molecule has 0 saturated carbocycles. The topological polar surface area (TPSA) is 87.7 Å². The van der Waals surface area contributed by atoms with Gasteiger partial charge in [-0.2, -0.15) is 0 Å². The molecule has 1 amide bonds. The Hall–Kier alpha value is -1.56. The van der Waals surface area contributed by atoms with Crippen LogP contribution in [0.4, 0.5) is 0 Å². The van der Waals surface area contributed by atoms with E-state index in [-0.39, 0.29) is 17.8 Å². The summed E-state index contributed by atoms with van der Waals surface area (Å²) in [5.74, 6) is -0.367. The van der Waals surface area contributed by atoms with Crippen molar-refractivity contribution >= 4 is 23.1 Å². The lowest BCUT2D eigenvalue weighted by atomic mass is 9.90. The van der Waals surface area contributed by atoms with Crippen LogP contribution >= 0.6 is 11.3 Å². The lowest BCUT2D eigenvalue weighted by Crippen LogP contribution is -2.46. The molecule has 1 aromatic rings. The third-order valence-corrected chi connectivity index (χ3v) is 4.19. The first-order chi connectivity index (χ1) is 8.70. The molecule has 0 aliphatic carbocycles. The summed E-state index contributed by atoms with van der Waals surface area (Å²) < 4.78 is 0. The van der Waals surface area contributed by atoms with E-state index in [1.807, 2.05) is 20.8 Å². The molecule has 19 heavy (non-hydrogen) atoms. The molecule has 1 aromatic heterocycles. The Balaban J connectivity index is 2.86. The average molecular weight is 283 g/mol. The van der Waals surface area contributed by atoms with Crippen LogP contribution in [0.25, 0.3) is 0 Å². The quantitative estimate of drug-likeness (QED) is 0.343. The molecule has 0 bridgehead atoms. The van der Waals surface area contributed by atoms with Crippen molar-refractivity contribution in [2.75, 3.05) is 0 Å². The summed E-state index contributed by atoms with van der Waals surface area (Å²) in [7, 11) is 0. The number of aryl methyl sites for hydroxylation is 2. The second-order valence-electron chi connectivity index (χ2n) is 5.17. The van der Waals surface area contributed by atoms with Crippen LogP contribution in [0.1, 0.15) is 42.1 Å². The molecule has 1 atom stereocenters. The van der Waals surface area contributed by atoms with Gasteiger partial charge in [0.25, 0.3) is 0 Å². The minimum Gasteiger partial charge on any atom is -0.409 e. The number of nitrogens with two attached hydrogens (primary N) is 1. The van der Waals surface area contributed by atoms with Gasteiger partial charge < -0.3 is 16.3 Å². The van der Waals surface area contributed by atoms with Gasteiger partial charge in [-0.25, -0.2) is 0 Å². The number of nitrogens with zero attached hydrogens (tertiary/aromatic N) is 1. The van der Waals surface area contributed by atoms with Crippen molar-refractivity contribution in [3.8, 4) is 0 Å². The molecule has 6 heteroatoms. The highest BCUT2D eigenvalue weighted by atomic mass is 32.1. The highest BCUT2D eigenvalue weighted by Crippen LogP contribution is 2.27. The highest BCUT2D eigenvalue weighted by Gasteiger charge is 2.33. The number of oxime groups is 1. The van der Waals surface area contributed by atoms with Crippen LogP contribution in [-0.2, 0) is 4.79 Å². The Morgan fingerprint density at radius 2 is 2.11 bits per heavy atom. The minimum absolute atomic E-state index is 0.101. The van der Waals surface area contributed by atoms with Crippen molar-refractivity contribution in [3.63, 3.8) is 0 Å². The lowest BCUT2D eigenvalue weighted by Gasteiger charge is -2.24. The Morgan fingerprint density at radius 1 is 1.53 bits per heavy atom. The molecule has 1 unspecified atom stereocenters. The van der Waals surface area contributed by atoms with E-state index >= 15 is 0 Å². The van der Waals surface area contributed by atoms with Crippen LogP contribution in [-0.4, -0.2) is 17.0 Å². The molecule has 0 spiro atoms. The summed E-state index contributed by atoms with van der Waals surface area (Å²) in [5.41, 5.74) is 5.60. The van der Waals surface area contributed by atoms with Crippen LogP contribution in [0.3, 0.4) is 0 Å². The predicted octanol–water partition coefficient (Wildman–Crippen LogP) is 2.31. The van der Waals surface area contributed by atoms with E-state index in [1.54, 1.807) is 25.2 Å². The molecular formula is C13H21N3O2S. The van der Waals surface area contributed by atoms with Gasteiger partial charge in [0.1, 0.15) is 5.41 Å². The first-order valence-corrected chi connectivity index (χ1v) is 6.87. The van der Waals surface area contributed by atoms with E-state index in [2.05, 4.69) is 16.5 Å². The Kier molecular flexibility index (Phi) is 4.57. The largest absolute Gasteiger partial charge is 0.409 e. The number of amidine groups is 1. The zero-order valence-corrected chi connectivity index (χ0v) is 12.8. The molecule has 4 N–H and O–H groups in total. The smallest absolute Gasteiger partial charge is 0.233 e.